The quantitative estimate of drug-likeness (QED) is 0.553. The summed E-state index contributed by atoms with van der Waals surface area (Å²) in [5, 5.41) is 0. The molecule has 4 heteroatoms. The van der Waals surface area contributed by atoms with Crippen LogP contribution >= 0.6 is 0 Å². The lowest BCUT2D eigenvalue weighted by Crippen LogP contribution is -2.20. The van der Waals surface area contributed by atoms with Gasteiger partial charge in [-0.3, -0.25) is 0 Å². The van der Waals surface area contributed by atoms with Gasteiger partial charge in [-0.1, -0.05) is 36.4 Å². The smallest absolute Gasteiger partial charge is 0.125 e. The van der Waals surface area contributed by atoms with Crippen molar-refractivity contribution in [2.75, 3.05) is 12.5 Å². The lowest BCUT2D eigenvalue weighted by Gasteiger charge is -2.15. The average Bonchev–Trinajstić information content (AvgIpc) is 2.70. The normalized spacial score (nSPS) is 10.5. The van der Waals surface area contributed by atoms with E-state index in [1.807, 2.05) is 48.5 Å². The Bertz CT molecular complexity index is 879. The molecule has 0 fully saturated rings. The summed E-state index contributed by atoms with van der Waals surface area (Å²) in [5.41, 5.74) is 12.0. The Morgan fingerprint density at radius 3 is 2.44 bits per heavy atom. The molecule has 4 nitrogen and oxygen atoms in total. The number of hydrogen-bond acceptors (Lipinski definition) is 4. The fourth-order valence-corrected chi connectivity index (χ4v) is 2.86. The van der Waals surface area contributed by atoms with Gasteiger partial charge < -0.3 is 14.9 Å². The van der Waals surface area contributed by atoms with Crippen molar-refractivity contribution < 1.29 is 9.47 Å². The van der Waals surface area contributed by atoms with Crippen LogP contribution in [0.2, 0.25) is 0 Å². The largest absolute Gasteiger partial charge is 0.496 e. The molecule has 3 aromatic carbocycles. The van der Waals surface area contributed by atoms with Gasteiger partial charge in [-0.2, -0.15) is 0 Å². The summed E-state index contributed by atoms with van der Waals surface area (Å²) >= 11 is 0. The summed E-state index contributed by atoms with van der Waals surface area (Å²) in [4.78, 5) is 0. The second kappa shape index (κ2) is 9.10. The first-order chi connectivity index (χ1) is 13.2. The van der Waals surface area contributed by atoms with Crippen LogP contribution in [0.25, 0.3) is 0 Å². The van der Waals surface area contributed by atoms with E-state index in [9.17, 15) is 0 Å². The predicted octanol–water partition coefficient (Wildman–Crippen LogP) is 5.01. The van der Waals surface area contributed by atoms with Crippen molar-refractivity contribution in [3.8, 4) is 11.5 Å². The van der Waals surface area contributed by atoms with Gasteiger partial charge in [0.15, 0.2) is 0 Å². The first-order valence-corrected chi connectivity index (χ1v) is 9.06. The lowest BCUT2D eigenvalue weighted by molar-refractivity contribution is 0.294. The van der Waals surface area contributed by atoms with E-state index in [4.69, 9.17) is 9.47 Å². The Kier molecular flexibility index (Phi) is 6.34. The topological polar surface area (TPSA) is 42.5 Å². The third kappa shape index (κ3) is 5.02. The van der Waals surface area contributed by atoms with E-state index in [1.54, 1.807) is 7.11 Å². The zero-order valence-electron chi connectivity index (χ0n) is 16.1. The highest BCUT2D eigenvalue weighted by Crippen LogP contribution is 2.25. The van der Waals surface area contributed by atoms with Crippen LogP contribution in [0, 0.1) is 13.8 Å². The Hall–Kier alpha value is -2.98. The van der Waals surface area contributed by atoms with Gasteiger partial charge >= 0.3 is 0 Å². The number of benzene rings is 3. The highest BCUT2D eigenvalue weighted by atomic mass is 16.5. The van der Waals surface area contributed by atoms with E-state index in [1.165, 1.54) is 11.1 Å². The summed E-state index contributed by atoms with van der Waals surface area (Å²) in [5.74, 6) is 1.74. The van der Waals surface area contributed by atoms with Crippen molar-refractivity contribution in [3.05, 3.63) is 89.0 Å². The van der Waals surface area contributed by atoms with Gasteiger partial charge in [0.1, 0.15) is 18.1 Å². The summed E-state index contributed by atoms with van der Waals surface area (Å²) in [7, 11) is 1.69. The second-order valence-electron chi connectivity index (χ2n) is 6.48. The minimum atomic E-state index is 0.466. The molecule has 0 spiro atoms. The summed E-state index contributed by atoms with van der Waals surface area (Å²) in [6.07, 6.45) is 0. The van der Waals surface area contributed by atoms with Crippen LogP contribution in [0.15, 0.2) is 66.7 Å². The number of hydrazine groups is 1. The average molecular weight is 362 g/mol. The van der Waals surface area contributed by atoms with Gasteiger partial charge in [0.05, 0.1) is 7.11 Å². The minimum absolute atomic E-state index is 0.466. The van der Waals surface area contributed by atoms with E-state index in [2.05, 4.69) is 42.9 Å². The van der Waals surface area contributed by atoms with Gasteiger partial charge in [0.2, 0.25) is 0 Å². The van der Waals surface area contributed by atoms with E-state index in [0.717, 1.165) is 28.3 Å². The molecule has 0 aromatic heterocycles. The number of aryl methyl sites for hydroxylation is 1. The first kappa shape index (κ1) is 18.8. The number of nitrogens with one attached hydrogen (secondary N) is 2. The molecule has 3 aromatic rings. The molecule has 0 amide bonds. The molecule has 0 atom stereocenters. The monoisotopic (exact) mass is 362 g/mol. The fraction of sp³-hybridized carbons (Fsp3) is 0.217. The zero-order chi connectivity index (χ0) is 19.1. The molecule has 2 N–H and O–H groups in total. The van der Waals surface area contributed by atoms with E-state index < -0.39 is 0 Å². The number of para-hydroxylation sites is 1. The molecule has 0 aliphatic heterocycles. The van der Waals surface area contributed by atoms with Crippen LogP contribution in [0.3, 0.4) is 0 Å². The van der Waals surface area contributed by atoms with Crippen molar-refractivity contribution in [2.24, 2.45) is 0 Å². The van der Waals surface area contributed by atoms with E-state index >= 15 is 0 Å². The Labute approximate surface area is 161 Å². The number of rotatable bonds is 8. The van der Waals surface area contributed by atoms with Crippen molar-refractivity contribution in [3.63, 3.8) is 0 Å². The maximum absolute atomic E-state index is 6.06. The van der Waals surface area contributed by atoms with Crippen molar-refractivity contribution in [1.29, 1.82) is 0 Å². The van der Waals surface area contributed by atoms with Gasteiger partial charge in [0.25, 0.3) is 0 Å². The molecule has 0 heterocycles. The van der Waals surface area contributed by atoms with Crippen LogP contribution in [-0.4, -0.2) is 7.11 Å². The van der Waals surface area contributed by atoms with Crippen LogP contribution in [-0.2, 0) is 13.2 Å². The van der Waals surface area contributed by atoms with Gasteiger partial charge in [-0.05, 0) is 60.9 Å². The molecule has 0 aliphatic rings. The summed E-state index contributed by atoms with van der Waals surface area (Å²) in [6, 6.07) is 22.3. The Balaban J connectivity index is 1.65. The van der Waals surface area contributed by atoms with Gasteiger partial charge in [-0.15, -0.1) is 0 Å². The SMILES string of the molecule is COc1ccc(CNNc2ccccc2)cc1COc1cccc(C)c1C. The van der Waals surface area contributed by atoms with Crippen molar-refractivity contribution in [2.45, 2.75) is 27.0 Å². The first-order valence-electron chi connectivity index (χ1n) is 9.06. The van der Waals surface area contributed by atoms with Gasteiger partial charge in [0, 0.05) is 17.8 Å². The molecule has 3 rings (SSSR count). The van der Waals surface area contributed by atoms with Crippen LogP contribution in [0.5, 0.6) is 11.5 Å². The highest BCUT2D eigenvalue weighted by Gasteiger charge is 2.08. The third-order valence-electron chi connectivity index (χ3n) is 4.58. The Morgan fingerprint density at radius 1 is 0.852 bits per heavy atom. The predicted molar refractivity (Wildman–Crippen MR) is 110 cm³/mol. The maximum atomic E-state index is 6.06. The van der Waals surface area contributed by atoms with Crippen LogP contribution < -0.4 is 20.3 Å². The Morgan fingerprint density at radius 2 is 1.67 bits per heavy atom. The molecule has 0 bridgehead atoms. The fourth-order valence-electron chi connectivity index (χ4n) is 2.86. The van der Waals surface area contributed by atoms with Crippen molar-refractivity contribution >= 4 is 5.69 Å². The number of methoxy groups -OCH3 is 1. The molecule has 0 saturated heterocycles. The van der Waals surface area contributed by atoms with Gasteiger partial charge in [-0.25, -0.2) is 5.43 Å². The molecular weight excluding hydrogens is 336 g/mol. The number of ether oxygens (including phenoxy) is 2. The molecule has 27 heavy (non-hydrogen) atoms. The lowest BCUT2D eigenvalue weighted by atomic mass is 10.1. The second-order valence-corrected chi connectivity index (χ2v) is 6.48. The molecule has 0 saturated carbocycles. The third-order valence-corrected chi connectivity index (χ3v) is 4.58. The number of anilines is 1. The molecule has 140 valence electrons. The molecular formula is C23H26N2O2. The van der Waals surface area contributed by atoms with Crippen LogP contribution in [0.4, 0.5) is 5.69 Å². The zero-order valence-corrected chi connectivity index (χ0v) is 16.1. The summed E-state index contributed by atoms with van der Waals surface area (Å²) in [6.45, 7) is 5.33. The number of hydrogen-bond donors (Lipinski definition) is 2. The maximum Gasteiger partial charge on any atom is 0.125 e. The molecule has 0 radical (unpaired) electrons. The molecule has 0 aliphatic carbocycles. The van der Waals surface area contributed by atoms with E-state index in [0.29, 0.717) is 13.2 Å². The minimum Gasteiger partial charge on any atom is -0.496 e. The van der Waals surface area contributed by atoms with E-state index in [-0.39, 0.29) is 0 Å². The summed E-state index contributed by atoms with van der Waals surface area (Å²) < 4.78 is 11.6. The molecule has 0 unspecified atom stereocenters. The van der Waals surface area contributed by atoms with Crippen LogP contribution in [0.1, 0.15) is 22.3 Å². The van der Waals surface area contributed by atoms with Crippen molar-refractivity contribution in [1.82, 2.24) is 5.43 Å². The highest BCUT2D eigenvalue weighted by molar-refractivity contribution is 5.42. The standard InChI is InChI=1S/C23H26N2O2/c1-17-8-7-11-22(18(17)2)27-16-20-14-19(12-13-23(20)26-3)15-24-25-21-9-5-4-6-10-21/h4-14,24-25H,15-16H2,1-3H3.